The lowest BCUT2D eigenvalue weighted by molar-refractivity contribution is -0.175. The van der Waals surface area contributed by atoms with Gasteiger partial charge in [-0.3, -0.25) is 23.9 Å². The summed E-state index contributed by atoms with van der Waals surface area (Å²) in [6, 6.07) is 13.0. The highest BCUT2D eigenvalue weighted by Crippen LogP contribution is 2.46. The Hall–Kier alpha value is -5.65. The van der Waals surface area contributed by atoms with E-state index in [1.807, 2.05) is 29.6 Å². The molecule has 2 aromatic heterocycles. The number of fused-ring (bicyclic) bond motifs is 5. The minimum Gasteiger partial charge on any atom is -0.497 e. The summed E-state index contributed by atoms with van der Waals surface area (Å²) in [6.07, 6.45) is -0.215. The predicted molar refractivity (Wildman–Crippen MR) is 207 cm³/mol. The van der Waals surface area contributed by atoms with Crippen molar-refractivity contribution in [2.75, 3.05) is 13.7 Å². The number of carbonyl (C=O) groups is 4. The number of halogens is 3. The standard InChI is InChI=1S/C41H42F3N5O9S/c1-56-25-12-9-10-23(18-25)30-20-33(35-34(45-30)28-13-7-8-15-32(28)58-35)57-26-19-31-36(50)47-40(38(52)48-59(54,55)27-16-17-27)21-24(40)11-5-3-2-4-6-14-29(37(51)49(31)22-26)46-39(53)41(42,43)44/h5,7-13,15,18,20,24,26-27,29,31H,2-4,6,14,16-17,19,21-22H2,1H3,(H,46,53)(H,47,50)(H,48,52)/t24-,26-,29+,31+,40-/m1/s1. The Bertz CT molecular complexity index is 2470. The number of para-hydroxylation sites is 1. The van der Waals surface area contributed by atoms with Crippen LogP contribution in [0.2, 0.25) is 0 Å². The lowest BCUT2D eigenvalue weighted by Gasteiger charge is -2.30. The molecule has 312 valence electrons. The number of allylic oxidation sites excluding steroid dienone is 1. The third-order valence-corrected chi connectivity index (χ3v) is 13.2. The summed E-state index contributed by atoms with van der Waals surface area (Å²) < 4.78 is 86.8. The van der Waals surface area contributed by atoms with E-state index in [-0.39, 0.29) is 43.6 Å². The Labute approximate surface area is 336 Å². The van der Waals surface area contributed by atoms with Crippen molar-refractivity contribution in [2.24, 2.45) is 5.92 Å². The Morgan fingerprint density at radius 1 is 1.03 bits per heavy atom. The zero-order valence-electron chi connectivity index (χ0n) is 31.9. The van der Waals surface area contributed by atoms with Gasteiger partial charge in [0.2, 0.25) is 21.8 Å². The first-order valence-corrected chi connectivity index (χ1v) is 21.1. The van der Waals surface area contributed by atoms with Gasteiger partial charge in [-0.15, -0.1) is 0 Å². The van der Waals surface area contributed by atoms with Gasteiger partial charge >= 0.3 is 12.1 Å². The Morgan fingerprint density at radius 2 is 1.83 bits per heavy atom. The fraction of sp³-hybridized carbons (Fsp3) is 0.439. The van der Waals surface area contributed by atoms with E-state index in [9.17, 15) is 40.8 Å². The van der Waals surface area contributed by atoms with Crippen LogP contribution in [0.4, 0.5) is 13.2 Å². The number of rotatable bonds is 8. The van der Waals surface area contributed by atoms with E-state index in [1.54, 1.807) is 42.5 Å². The lowest BCUT2D eigenvalue weighted by atomic mass is 10.0. The topological polar surface area (TPSA) is 186 Å². The SMILES string of the molecule is COc1cccc(-c2cc(O[C@@H]3C[C@H]4C(=O)N[C@]5(C(=O)NS(=O)(=O)C6CC6)C[C@H]5C=CCCCCC[C@H](NC(=O)C(F)(F)F)C(=O)N4C3)c3oc4ccccc4c3n2)c1. The highest BCUT2D eigenvalue weighted by molar-refractivity contribution is 7.91. The van der Waals surface area contributed by atoms with Crippen LogP contribution in [0, 0.1) is 5.92 Å². The summed E-state index contributed by atoms with van der Waals surface area (Å²) in [5.41, 5.74) is 0.752. The second kappa shape index (κ2) is 15.5. The molecule has 4 aromatic rings. The molecule has 4 amide bonds. The smallest absolute Gasteiger partial charge is 0.471 e. The van der Waals surface area contributed by atoms with Crippen LogP contribution in [0.1, 0.15) is 57.8 Å². The zero-order chi connectivity index (χ0) is 41.7. The lowest BCUT2D eigenvalue weighted by Crippen LogP contribution is -2.58. The Balaban J connectivity index is 1.16. The van der Waals surface area contributed by atoms with E-state index in [0.29, 0.717) is 65.6 Å². The van der Waals surface area contributed by atoms with E-state index in [1.165, 1.54) is 7.11 Å². The van der Waals surface area contributed by atoms with Crippen molar-refractivity contribution in [3.63, 3.8) is 0 Å². The van der Waals surface area contributed by atoms with Crippen molar-refractivity contribution in [3.05, 3.63) is 66.7 Å². The third kappa shape index (κ3) is 8.18. The van der Waals surface area contributed by atoms with E-state index < -0.39 is 74.7 Å². The molecule has 18 heteroatoms. The molecular formula is C41H42F3N5O9S. The van der Waals surface area contributed by atoms with Gasteiger partial charge in [0.15, 0.2) is 11.3 Å². The van der Waals surface area contributed by atoms with Crippen molar-refractivity contribution < 1.29 is 54.7 Å². The number of carbonyl (C=O) groups excluding carboxylic acids is 4. The maximum atomic E-state index is 14.4. The minimum atomic E-state index is -5.28. The van der Waals surface area contributed by atoms with Gasteiger partial charge in [-0.2, -0.15) is 13.2 Å². The molecule has 4 aliphatic rings. The third-order valence-electron chi connectivity index (χ3n) is 11.4. The molecule has 2 aliphatic heterocycles. The molecule has 1 saturated heterocycles. The zero-order valence-corrected chi connectivity index (χ0v) is 32.7. The predicted octanol–water partition coefficient (Wildman–Crippen LogP) is 5.06. The number of ether oxygens (including phenoxy) is 2. The van der Waals surface area contributed by atoms with Gasteiger partial charge in [0, 0.05) is 29.4 Å². The summed E-state index contributed by atoms with van der Waals surface area (Å²) in [6.45, 7) is -0.299. The van der Waals surface area contributed by atoms with Gasteiger partial charge in [0.05, 0.1) is 24.6 Å². The van der Waals surface area contributed by atoms with Gasteiger partial charge < -0.3 is 29.4 Å². The Morgan fingerprint density at radius 3 is 2.59 bits per heavy atom. The van der Waals surface area contributed by atoms with Crippen LogP contribution in [0.15, 0.2) is 71.2 Å². The maximum absolute atomic E-state index is 14.4. The summed E-state index contributed by atoms with van der Waals surface area (Å²) in [7, 11) is -2.47. The molecule has 2 saturated carbocycles. The van der Waals surface area contributed by atoms with Gasteiger partial charge in [-0.1, -0.05) is 49.3 Å². The van der Waals surface area contributed by atoms with Crippen LogP contribution in [0.3, 0.4) is 0 Å². The molecule has 0 spiro atoms. The number of amides is 4. The number of hydrogen-bond donors (Lipinski definition) is 3. The molecular weight excluding hydrogens is 796 g/mol. The number of furan rings is 1. The molecule has 8 rings (SSSR count). The van der Waals surface area contributed by atoms with Crippen molar-refractivity contribution in [2.45, 2.75) is 92.9 Å². The number of methoxy groups -OCH3 is 1. The van der Waals surface area contributed by atoms with Crippen LogP contribution >= 0.6 is 0 Å². The van der Waals surface area contributed by atoms with E-state index in [2.05, 4.69) is 10.0 Å². The first-order chi connectivity index (χ1) is 28.2. The number of sulfonamides is 1. The number of benzene rings is 2. The van der Waals surface area contributed by atoms with Gasteiger partial charge in [-0.05, 0) is 62.8 Å². The molecule has 0 radical (unpaired) electrons. The first kappa shape index (κ1) is 40.1. The second-order valence-electron chi connectivity index (χ2n) is 15.5. The molecule has 3 N–H and O–H groups in total. The van der Waals surface area contributed by atoms with E-state index >= 15 is 0 Å². The fourth-order valence-electron chi connectivity index (χ4n) is 7.94. The fourth-order valence-corrected chi connectivity index (χ4v) is 9.30. The number of pyridine rings is 1. The Kier molecular flexibility index (Phi) is 10.6. The van der Waals surface area contributed by atoms with Crippen molar-refractivity contribution in [3.8, 4) is 22.8 Å². The monoisotopic (exact) mass is 837 g/mol. The average molecular weight is 838 g/mol. The van der Waals surface area contributed by atoms with E-state index in [0.717, 1.165) is 4.90 Å². The van der Waals surface area contributed by atoms with Crippen LogP contribution in [0.25, 0.3) is 33.3 Å². The maximum Gasteiger partial charge on any atom is 0.471 e. The summed E-state index contributed by atoms with van der Waals surface area (Å²) in [4.78, 5) is 60.7. The van der Waals surface area contributed by atoms with Gasteiger partial charge in [0.25, 0.3) is 5.91 Å². The molecule has 4 heterocycles. The number of aromatic nitrogens is 1. The first-order valence-electron chi connectivity index (χ1n) is 19.5. The second-order valence-corrected chi connectivity index (χ2v) is 17.5. The quantitative estimate of drug-likeness (QED) is 0.203. The van der Waals surface area contributed by atoms with Crippen LogP contribution in [-0.2, 0) is 29.2 Å². The number of alkyl halides is 3. The molecule has 2 aromatic carbocycles. The number of nitrogens with zero attached hydrogens (tertiary/aromatic N) is 2. The summed E-state index contributed by atoms with van der Waals surface area (Å²) in [5.74, 6) is -4.76. The van der Waals surface area contributed by atoms with E-state index in [4.69, 9.17) is 18.9 Å². The summed E-state index contributed by atoms with van der Waals surface area (Å²) in [5, 5.41) is 4.56. The van der Waals surface area contributed by atoms with Crippen molar-refractivity contribution in [1.29, 1.82) is 0 Å². The van der Waals surface area contributed by atoms with Crippen molar-refractivity contribution in [1.82, 2.24) is 25.2 Å². The molecule has 0 unspecified atom stereocenters. The van der Waals surface area contributed by atoms with Crippen LogP contribution < -0.4 is 24.8 Å². The van der Waals surface area contributed by atoms with Crippen LogP contribution in [-0.4, -0.2) is 90.7 Å². The highest BCUT2D eigenvalue weighted by atomic mass is 32.2. The average Bonchev–Trinajstić information content (AvgIpc) is 4.11. The van der Waals surface area contributed by atoms with Crippen LogP contribution in [0.5, 0.6) is 11.5 Å². The summed E-state index contributed by atoms with van der Waals surface area (Å²) >= 11 is 0. The minimum absolute atomic E-state index is 0.0836. The molecule has 3 fully saturated rings. The van der Waals surface area contributed by atoms with Gasteiger partial charge in [0.1, 0.15) is 40.6 Å². The number of nitrogens with one attached hydrogen (secondary N) is 3. The molecule has 5 atom stereocenters. The van der Waals surface area contributed by atoms with Crippen molar-refractivity contribution >= 4 is 55.7 Å². The normalized spacial score (nSPS) is 25.3. The molecule has 0 bridgehead atoms. The molecule has 14 nitrogen and oxygen atoms in total. The molecule has 59 heavy (non-hydrogen) atoms. The van der Waals surface area contributed by atoms with Gasteiger partial charge in [-0.25, -0.2) is 13.4 Å². The highest BCUT2D eigenvalue weighted by Gasteiger charge is 2.62. The largest absolute Gasteiger partial charge is 0.497 e. The molecule has 2 aliphatic carbocycles. The number of hydrogen-bond acceptors (Lipinski definition) is 10.